The fraction of sp³-hybridized carbons (Fsp3) is 0.462. The average molecular weight is 308 g/mol. The van der Waals surface area contributed by atoms with Gasteiger partial charge in [0.2, 0.25) is 0 Å². The lowest BCUT2D eigenvalue weighted by molar-refractivity contribution is -0.139. The summed E-state index contributed by atoms with van der Waals surface area (Å²) in [6.07, 6.45) is -1.14. The Morgan fingerprint density at radius 1 is 1.40 bits per heavy atom. The smallest absolute Gasteiger partial charge is 0.321 e. The number of hydrogen-bond acceptors (Lipinski definition) is 4. The summed E-state index contributed by atoms with van der Waals surface area (Å²) in [6, 6.07) is 5.69. The average Bonchev–Trinajstić information content (AvgIpc) is 2.43. The van der Waals surface area contributed by atoms with Crippen molar-refractivity contribution < 1.29 is 24.1 Å². The molecule has 0 saturated carbocycles. The molecule has 0 heterocycles. The number of ether oxygens (including phenoxy) is 1. The number of aliphatic hydroxyl groups excluding tert-OH is 1. The lowest BCUT2D eigenvalue weighted by Crippen LogP contribution is -2.35. The molecule has 5 nitrogen and oxygen atoms in total. The van der Waals surface area contributed by atoms with Crippen LogP contribution in [0.5, 0.6) is 5.75 Å². The summed E-state index contributed by atoms with van der Waals surface area (Å²) in [6.45, 7) is 0.740. The maximum Gasteiger partial charge on any atom is 0.321 e. The van der Waals surface area contributed by atoms with Crippen LogP contribution < -0.4 is 10.5 Å². The molecule has 114 valence electrons. The number of alkyl halides is 1. The van der Waals surface area contributed by atoms with E-state index in [1.54, 1.807) is 31.2 Å². The molecule has 1 aromatic carbocycles. The van der Waals surface area contributed by atoms with Crippen molar-refractivity contribution in [3.8, 4) is 5.75 Å². The van der Waals surface area contributed by atoms with E-state index in [-0.39, 0.29) is 24.9 Å². The largest absolute Gasteiger partial charge is 0.491 e. The van der Waals surface area contributed by atoms with Gasteiger partial charge in [0, 0.05) is 5.92 Å². The molecular formula is C13H19ClFNO4. The second kappa shape index (κ2) is 8.73. The lowest BCUT2D eigenvalue weighted by atomic mass is 9.94. The predicted octanol–water partition coefficient (Wildman–Crippen LogP) is 1.33. The van der Waals surface area contributed by atoms with Gasteiger partial charge in [-0.2, -0.15) is 0 Å². The van der Waals surface area contributed by atoms with E-state index in [0.29, 0.717) is 5.75 Å². The molecule has 20 heavy (non-hydrogen) atoms. The van der Waals surface area contributed by atoms with Gasteiger partial charge in [0.25, 0.3) is 0 Å². The van der Waals surface area contributed by atoms with Gasteiger partial charge in [0.1, 0.15) is 31.2 Å². The Kier molecular flexibility index (Phi) is 8.13. The highest BCUT2D eigenvalue weighted by atomic mass is 35.5. The van der Waals surface area contributed by atoms with Crippen LogP contribution in [0.15, 0.2) is 24.3 Å². The third kappa shape index (κ3) is 5.32. The van der Waals surface area contributed by atoms with Gasteiger partial charge in [0.05, 0.1) is 0 Å². The van der Waals surface area contributed by atoms with E-state index >= 15 is 0 Å². The summed E-state index contributed by atoms with van der Waals surface area (Å²) >= 11 is 0. The molecule has 0 fully saturated rings. The SMILES string of the molecule is CC(c1ccc(OCC(O)CF)cc1)C(N)C(=O)O.Cl. The Balaban J connectivity index is 0.00000361. The number of aliphatic carboxylic acids is 1. The molecule has 4 N–H and O–H groups in total. The van der Waals surface area contributed by atoms with E-state index in [9.17, 15) is 9.18 Å². The van der Waals surface area contributed by atoms with Crippen LogP contribution in [0, 0.1) is 0 Å². The molecule has 7 heteroatoms. The van der Waals surface area contributed by atoms with Crippen molar-refractivity contribution in [3.63, 3.8) is 0 Å². The van der Waals surface area contributed by atoms with E-state index in [0.717, 1.165) is 5.56 Å². The number of benzene rings is 1. The van der Waals surface area contributed by atoms with Gasteiger partial charge in [0.15, 0.2) is 0 Å². The molecular weight excluding hydrogens is 289 g/mol. The third-order valence-electron chi connectivity index (χ3n) is 2.85. The molecule has 0 spiro atoms. The standard InChI is InChI=1S/C13H18FNO4.ClH/c1-8(12(15)13(17)18)9-2-4-11(5-3-9)19-7-10(16)6-14;/h2-5,8,10,12,16H,6-7,15H2,1H3,(H,17,18);1H. The van der Waals surface area contributed by atoms with Crippen molar-refractivity contribution in [2.45, 2.75) is 25.0 Å². The van der Waals surface area contributed by atoms with Crippen molar-refractivity contribution in [1.29, 1.82) is 0 Å². The first-order valence-electron chi connectivity index (χ1n) is 5.91. The fourth-order valence-corrected chi connectivity index (χ4v) is 1.53. The maximum atomic E-state index is 12.0. The van der Waals surface area contributed by atoms with Gasteiger partial charge in [-0.15, -0.1) is 12.4 Å². The van der Waals surface area contributed by atoms with Crippen molar-refractivity contribution >= 4 is 18.4 Å². The van der Waals surface area contributed by atoms with Crippen molar-refractivity contribution in [3.05, 3.63) is 29.8 Å². The summed E-state index contributed by atoms with van der Waals surface area (Å²) in [5.41, 5.74) is 6.31. The van der Waals surface area contributed by atoms with E-state index in [2.05, 4.69) is 0 Å². The third-order valence-corrected chi connectivity index (χ3v) is 2.85. The first kappa shape index (κ1) is 18.6. The minimum absolute atomic E-state index is 0. The topological polar surface area (TPSA) is 92.8 Å². The fourth-order valence-electron chi connectivity index (χ4n) is 1.53. The maximum absolute atomic E-state index is 12.0. The molecule has 0 amide bonds. The van der Waals surface area contributed by atoms with Crippen molar-refractivity contribution in [2.24, 2.45) is 5.73 Å². The monoisotopic (exact) mass is 307 g/mol. The van der Waals surface area contributed by atoms with Gasteiger partial charge in [-0.1, -0.05) is 19.1 Å². The number of carboxylic acids is 1. The summed E-state index contributed by atoms with van der Waals surface area (Å²) in [5.74, 6) is -0.908. The van der Waals surface area contributed by atoms with Crippen LogP contribution in [-0.4, -0.2) is 41.6 Å². The highest BCUT2D eigenvalue weighted by molar-refractivity contribution is 5.85. The first-order chi connectivity index (χ1) is 8.95. The summed E-state index contributed by atoms with van der Waals surface area (Å²) in [4.78, 5) is 10.8. The van der Waals surface area contributed by atoms with E-state index in [1.807, 2.05) is 0 Å². The Morgan fingerprint density at radius 3 is 2.40 bits per heavy atom. The molecule has 3 unspecified atom stereocenters. The number of halogens is 2. The first-order valence-corrected chi connectivity index (χ1v) is 5.91. The Bertz CT molecular complexity index is 415. The van der Waals surface area contributed by atoms with Crippen LogP contribution in [0.1, 0.15) is 18.4 Å². The second-order valence-corrected chi connectivity index (χ2v) is 4.34. The number of nitrogens with two attached hydrogens (primary N) is 1. The quantitative estimate of drug-likeness (QED) is 0.707. The normalized spacial score (nSPS) is 14.8. The number of hydrogen-bond donors (Lipinski definition) is 3. The van der Waals surface area contributed by atoms with Crippen LogP contribution in [0.3, 0.4) is 0 Å². The van der Waals surface area contributed by atoms with Crippen LogP contribution >= 0.6 is 12.4 Å². The van der Waals surface area contributed by atoms with Gasteiger partial charge >= 0.3 is 5.97 Å². The van der Waals surface area contributed by atoms with Gasteiger partial charge in [-0.05, 0) is 17.7 Å². The molecule has 1 aromatic rings. The molecule has 0 radical (unpaired) electrons. The van der Waals surface area contributed by atoms with Crippen LogP contribution in [0.2, 0.25) is 0 Å². The molecule has 0 aliphatic rings. The van der Waals surface area contributed by atoms with Crippen LogP contribution in [0.4, 0.5) is 4.39 Å². The van der Waals surface area contributed by atoms with Crippen molar-refractivity contribution in [1.82, 2.24) is 0 Å². The van der Waals surface area contributed by atoms with E-state index in [1.165, 1.54) is 0 Å². The Hall–Kier alpha value is -1.37. The zero-order valence-electron chi connectivity index (χ0n) is 11.0. The van der Waals surface area contributed by atoms with Crippen molar-refractivity contribution in [2.75, 3.05) is 13.3 Å². The second-order valence-electron chi connectivity index (χ2n) is 4.34. The highest BCUT2D eigenvalue weighted by Gasteiger charge is 2.21. The number of carbonyl (C=O) groups is 1. The number of rotatable bonds is 7. The van der Waals surface area contributed by atoms with Crippen LogP contribution in [0.25, 0.3) is 0 Å². The number of carboxylic acid groups (broad SMARTS) is 1. The summed E-state index contributed by atoms with van der Waals surface area (Å²) < 4.78 is 17.2. The molecule has 1 rings (SSSR count). The van der Waals surface area contributed by atoms with Gasteiger partial charge < -0.3 is 20.7 Å². The molecule has 0 aliphatic carbocycles. The summed E-state index contributed by atoms with van der Waals surface area (Å²) in [7, 11) is 0. The van der Waals surface area contributed by atoms with Crippen LogP contribution in [-0.2, 0) is 4.79 Å². The molecule has 0 aliphatic heterocycles. The van der Waals surface area contributed by atoms with Gasteiger partial charge in [-0.3, -0.25) is 4.79 Å². The van der Waals surface area contributed by atoms with Gasteiger partial charge in [-0.25, -0.2) is 4.39 Å². The molecule has 0 bridgehead atoms. The summed E-state index contributed by atoms with van der Waals surface area (Å²) in [5, 5.41) is 17.8. The highest BCUT2D eigenvalue weighted by Crippen LogP contribution is 2.21. The Morgan fingerprint density at radius 2 is 1.95 bits per heavy atom. The molecule has 3 atom stereocenters. The zero-order valence-corrected chi connectivity index (χ0v) is 11.8. The number of aliphatic hydroxyl groups is 1. The molecule has 0 aromatic heterocycles. The predicted molar refractivity (Wildman–Crippen MR) is 75.2 cm³/mol. The Labute approximate surface area is 123 Å². The lowest BCUT2D eigenvalue weighted by Gasteiger charge is -2.17. The molecule has 0 saturated heterocycles. The minimum Gasteiger partial charge on any atom is -0.491 e. The minimum atomic E-state index is -1.14. The van der Waals surface area contributed by atoms with E-state index < -0.39 is 24.8 Å². The zero-order chi connectivity index (χ0) is 14.4. The van der Waals surface area contributed by atoms with E-state index in [4.69, 9.17) is 20.7 Å².